The highest BCUT2D eigenvalue weighted by Gasteiger charge is 2.40. The van der Waals surface area contributed by atoms with Crippen molar-refractivity contribution < 1.29 is 14.3 Å². The average molecular weight is 329 g/mol. The highest BCUT2D eigenvalue weighted by molar-refractivity contribution is 5.95. The zero-order valence-electron chi connectivity index (χ0n) is 13.6. The number of rotatable bonds is 3. The minimum Gasteiger partial charge on any atom is -0.362 e. The van der Waals surface area contributed by atoms with Crippen molar-refractivity contribution in [1.29, 1.82) is 0 Å². The van der Waals surface area contributed by atoms with E-state index >= 15 is 0 Å². The molecule has 2 aromatic rings. The number of hydrogen-bond donors (Lipinski definition) is 1. The minimum absolute atomic E-state index is 0.136. The van der Waals surface area contributed by atoms with E-state index in [-0.39, 0.29) is 18.4 Å². The summed E-state index contributed by atoms with van der Waals surface area (Å²) in [6.45, 7) is 2.67. The number of amides is 2. The first-order chi connectivity index (χ1) is 11.5. The van der Waals surface area contributed by atoms with Crippen molar-refractivity contribution in [1.82, 2.24) is 25.0 Å². The number of hydrogen-bond acceptors (Lipinski definition) is 5. The van der Waals surface area contributed by atoms with E-state index in [4.69, 9.17) is 4.74 Å². The summed E-state index contributed by atoms with van der Waals surface area (Å²) in [5.41, 5.74) is 0.310. The Balaban J connectivity index is 1.81. The Hall–Kier alpha value is -2.74. The van der Waals surface area contributed by atoms with Crippen molar-refractivity contribution in [3.8, 4) is 5.69 Å². The molecule has 0 radical (unpaired) electrons. The second-order valence-corrected chi connectivity index (χ2v) is 5.80. The number of nitrogens with zero attached hydrogens (tertiary/aromatic N) is 4. The maximum absolute atomic E-state index is 12.8. The number of carbonyl (C=O) groups is 2. The summed E-state index contributed by atoms with van der Waals surface area (Å²) in [5.74, 6) is -0.374. The third-order valence-electron chi connectivity index (χ3n) is 4.08. The second-order valence-electron chi connectivity index (χ2n) is 5.80. The van der Waals surface area contributed by atoms with E-state index in [9.17, 15) is 9.59 Å². The molecule has 0 spiro atoms. The fraction of sp³-hybridized carbons (Fsp3) is 0.375. The molecular weight excluding hydrogens is 310 g/mol. The summed E-state index contributed by atoms with van der Waals surface area (Å²) in [5, 5.41) is 10.1. The third kappa shape index (κ3) is 3.00. The van der Waals surface area contributed by atoms with E-state index in [0.29, 0.717) is 18.7 Å². The summed E-state index contributed by atoms with van der Waals surface area (Å²) in [6, 6.07) is 7.20. The fourth-order valence-electron chi connectivity index (χ4n) is 2.76. The maximum atomic E-state index is 12.8. The highest BCUT2D eigenvalue weighted by atomic mass is 16.5. The molecule has 1 N–H and O–H groups in total. The summed E-state index contributed by atoms with van der Waals surface area (Å²) in [6.07, 6.45) is 3.14. The van der Waals surface area contributed by atoms with Crippen molar-refractivity contribution in [2.24, 2.45) is 0 Å². The highest BCUT2D eigenvalue weighted by Crippen LogP contribution is 2.20. The van der Waals surface area contributed by atoms with Crippen molar-refractivity contribution in [3.05, 3.63) is 42.5 Å². The number of nitrogens with one attached hydrogen (secondary N) is 1. The molecule has 1 aliphatic heterocycles. The van der Waals surface area contributed by atoms with Gasteiger partial charge in [-0.25, -0.2) is 0 Å². The van der Waals surface area contributed by atoms with Crippen molar-refractivity contribution in [3.63, 3.8) is 0 Å². The Morgan fingerprint density at radius 3 is 2.75 bits per heavy atom. The molecule has 1 atom stereocenters. The number of ether oxygens (including phenoxy) is 1. The Kier molecular flexibility index (Phi) is 4.30. The Morgan fingerprint density at radius 1 is 1.29 bits per heavy atom. The van der Waals surface area contributed by atoms with Crippen molar-refractivity contribution in [2.45, 2.75) is 12.5 Å². The van der Waals surface area contributed by atoms with Gasteiger partial charge in [-0.1, -0.05) is 6.07 Å². The molecule has 1 aromatic carbocycles. The molecule has 1 saturated heterocycles. The lowest BCUT2D eigenvalue weighted by molar-refractivity contribution is -0.153. The van der Waals surface area contributed by atoms with Gasteiger partial charge in [-0.3, -0.25) is 14.2 Å². The molecule has 24 heavy (non-hydrogen) atoms. The van der Waals surface area contributed by atoms with Crippen LogP contribution in [0.3, 0.4) is 0 Å². The zero-order valence-corrected chi connectivity index (χ0v) is 13.6. The predicted octanol–water partition coefficient (Wildman–Crippen LogP) is 0.244. The summed E-state index contributed by atoms with van der Waals surface area (Å²) < 4.78 is 7.32. The van der Waals surface area contributed by atoms with Gasteiger partial charge in [0.2, 0.25) is 0 Å². The van der Waals surface area contributed by atoms with Gasteiger partial charge in [0.05, 0.1) is 13.2 Å². The fourth-order valence-corrected chi connectivity index (χ4v) is 2.76. The standard InChI is InChI=1S/C16H19N5O3/c1-16(15(23)17-2)9-20(6-7-24-16)14(22)12-4-3-5-13(8-12)21-10-18-19-11-21/h3-5,8,10-11H,6-7,9H2,1-2H3,(H,17,23)/t16-/m1/s1. The normalized spacial score (nSPS) is 20.7. The van der Waals surface area contributed by atoms with Gasteiger partial charge in [-0.05, 0) is 25.1 Å². The smallest absolute Gasteiger partial charge is 0.254 e. The van der Waals surface area contributed by atoms with E-state index in [1.54, 1.807) is 54.3 Å². The van der Waals surface area contributed by atoms with Crippen LogP contribution in [0.4, 0.5) is 0 Å². The SMILES string of the molecule is CNC(=O)[C@@]1(C)CN(C(=O)c2cccc(-n3cnnc3)c2)CCO1. The molecule has 1 aliphatic rings. The first kappa shape index (κ1) is 16.1. The Labute approximate surface area is 139 Å². The molecule has 0 aliphatic carbocycles. The van der Waals surface area contributed by atoms with Crippen LogP contribution in [-0.4, -0.2) is 63.8 Å². The average Bonchev–Trinajstić information content (AvgIpc) is 3.15. The summed E-state index contributed by atoms with van der Waals surface area (Å²) >= 11 is 0. The number of morpholine rings is 1. The van der Waals surface area contributed by atoms with Crippen LogP contribution in [-0.2, 0) is 9.53 Å². The molecule has 126 valence electrons. The van der Waals surface area contributed by atoms with Gasteiger partial charge < -0.3 is 15.0 Å². The van der Waals surface area contributed by atoms with E-state index in [0.717, 1.165) is 5.69 Å². The molecule has 0 bridgehead atoms. The predicted molar refractivity (Wildman–Crippen MR) is 85.7 cm³/mol. The quantitative estimate of drug-likeness (QED) is 0.871. The lowest BCUT2D eigenvalue weighted by atomic mass is 10.0. The molecule has 8 heteroatoms. The molecule has 0 saturated carbocycles. The van der Waals surface area contributed by atoms with Crippen LogP contribution in [0.15, 0.2) is 36.9 Å². The summed E-state index contributed by atoms with van der Waals surface area (Å²) in [4.78, 5) is 26.5. The van der Waals surface area contributed by atoms with Crippen LogP contribution >= 0.6 is 0 Å². The largest absolute Gasteiger partial charge is 0.362 e. The minimum atomic E-state index is -1.03. The first-order valence-corrected chi connectivity index (χ1v) is 7.64. The van der Waals surface area contributed by atoms with Crippen molar-refractivity contribution in [2.75, 3.05) is 26.7 Å². The number of likely N-dealkylation sites (N-methyl/N-ethyl adjacent to an activating group) is 1. The molecular formula is C16H19N5O3. The van der Waals surface area contributed by atoms with Gasteiger partial charge in [-0.2, -0.15) is 0 Å². The van der Waals surface area contributed by atoms with E-state index in [1.165, 1.54) is 0 Å². The van der Waals surface area contributed by atoms with Crippen LogP contribution in [0.25, 0.3) is 5.69 Å². The molecule has 0 unspecified atom stereocenters. The number of aromatic nitrogens is 3. The molecule has 8 nitrogen and oxygen atoms in total. The summed E-state index contributed by atoms with van der Waals surface area (Å²) in [7, 11) is 1.56. The van der Waals surface area contributed by atoms with Gasteiger partial charge >= 0.3 is 0 Å². The maximum Gasteiger partial charge on any atom is 0.254 e. The van der Waals surface area contributed by atoms with Gasteiger partial charge in [0.15, 0.2) is 5.60 Å². The van der Waals surface area contributed by atoms with E-state index in [1.807, 2.05) is 6.07 Å². The van der Waals surface area contributed by atoms with Gasteiger partial charge in [-0.15, -0.1) is 10.2 Å². The lowest BCUT2D eigenvalue weighted by Crippen LogP contribution is -2.58. The van der Waals surface area contributed by atoms with Crippen LogP contribution in [0.5, 0.6) is 0 Å². The van der Waals surface area contributed by atoms with Gasteiger partial charge in [0, 0.05) is 24.8 Å². The van der Waals surface area contributed by atoms with Crippen LogP contribution in [0.1, 0.15) is 17.3 Å². The van der Waals surface area contributed by atoms with Crippen LogP contribution in [0.2, 0.25) is 0 Å². The number of benzene rings is 1. The Morgan fingerprint density at radius 2 is 2.04 bits per heavy atom. The first-order valence-electron chi connectivity index (χ1n) is 7.64. The molecule has 3 rings (SSSR count). The lowest BCUT2D eigenvalue weighted by Gasteiger charge is -2.39. The monoisotopic (exact) mass is 329 g/mol. The second kappa shape index (κ2) is 6.40. The van der Waals surface area contributed by atoms with Crippen molar-refractivity contribution >= 4 is 11.8 Å². The zero-order chi connectivity index (χ0) is 17.2. The molecule has 2 heterocycles. The molecule has 2 amide bonds. The number of carbonyl (C=O) groups excluding carboxylic acids is 2. The van der Waals surface area contributed by atoms with Crippen LogP contribution < -0.4 is 5.32 Å². The third-order valence-corrected chi connectivity index (χ3v) is 4.08. The topological polar surface area (TPSA) is 89.4 Å². The van der Waals surface area contributed by atoms with E-state index in [2.05, 4.69) is 15.5 Å². The Bertz CT molecular complexity index is 746. The van der Waals surface area contributed by atoms with E-state index < -0.39 is 5.60 Å². The molecule has 1 fully saturated rings. The van der Waals surface area contributed by atoms with Gasteiger partial charge in [0.25, 0.3) is 11.8 Å². The molecule has 1 aromatic heterocycles. The van der Waals surface area contributed by atoms with Crippen LogP contribution in [0, 0.1) is 0 Å². The van der Waals surface area contributed by atoms with Gasteiger partial charge in [0.1, 0.15) is 12.7 Å².